The molecule has 0 fully saturated rings. The number of carbonyl (C=O) groups is 3. The second-order valence-electron chi connectivity index (χ2n) is 4.84. The summed E-state index contributed by atoms with van der Waals surface area (Å²) in [6.45, 7) is 1.89. The first-order valence-corrected chi connectivity index (χ1v) is 7.40. The topological polar surface area (TPSA) is 95.5 Å². The fraction of sp³-hybridized carbons (Fsp3) is 0.400. The van der Waals surface area contributed by atoms with Crippen LogP contribution in [0.5, 0.6) is 0 Å². The van der Waals surface area contributed by atoms with Crippen molar-refractivity contribution >= 4 is 29.4 Å². The molecule has 3 N–H and O–H groups in total. The average Bonchev–Trinajstić information content (AvgIpc) is 2.49. The Hall–Kier alpha value is -2.08. The molecule has 0 bridgehead atoms. The molecule has 0 aromatic heterocycles. The van der Waals surface area contributed by atoms with Gasteiger partial charge in [0.05, 0.1) is 16.5 Å². The van der Waals surface area contributed by atoms with Gasteiger partial charge >= 0.3 is 5.97 Å². The maximum absolute atomic E-state index is 11.8. The van der Waals surface area contributed by atoms with Crippen molar-refractivity contribution in [3.8, 4) is 0 Å². The third-order valence-electron chi connectivity index (χ3n) is 3.14. The molecule has 1 unspecified atom stereocenters. The van der Waals surface area contributed by atoms with E-state index in [9.17, 15) is 14.4 Å². The lowest BCUT2D eigenvalue weighted by Crippen LogP contribution is -2.41. The molecule has 1 atom stereocenters. The minimum atomic E-state index is -0.908. The van der Waals surface area contributed by atoms with Crippen LogP contribution in [0.15, 0.2) is 24.3 Å². The summed E-state index contributed by atoms with van der Waals surface area (Å²) in [5.74, 6) is -2.42. The quantitative estimate of drug-likeness (QED) is 0.670. The minimum absolute atomic E-state index is 0.0275. The summed E-state index contributed by atoms with van der Waals surface area (Å²) in [7, 11) is 0. The molecule has 0 aliphatic carbocycles. The molecule has 0 saturated heterocycles. The standard InChI is InChI=1S/C15H19ClN2O4/c1-2-5-10(15(21)22)8-9-13(19)17-18-14(20)11-6-3-4-7-12(11)16/h3-4,6-7,10H,2,5,8-9H2,1H3,(H,17,19)(H,18,20)(H,21,22). The van der Waals surface area contributed by atoms with E-state index in [1.807, 2.05) is 6.92 Å². The number of halogens is 1. The number of benzene rings is 1. The molecular weight excluding hydrogens is 308 g/mol. The first-order chi connectivity index (χ1) is 10.5. The highest BCUT2D eigenvalue weighted by Gasteiger charge is 2.18. The number of amides is 2. The average molecular weight is 327 g/mol. The number of hydrazine groups is 1. The normalized spacial score (nSPS) is 11.5. The van der Waals surface area contributed by atoms with E-state index in [2.05, 4.69) is 10.9 Å². The van der Waals surface area contributed by atoms with Crippen LogP contribution in [0.1, 0.15) is 43.0 Å². The molecule has 0 saturated carbocycles. The van der Waals surface area contributed by atoms with Crippen LogP contribution in [0.3, 0.4) is 0 Å². The molecule has 0 aliphatic rings. The third-order valence-corrected chi connectivity index (χ3v) is 3.47. The van der Waals surface area contributed by atoms with E-state index < -0.39 is 23.7 Å². The number of carboxylic acid groups (broad SMARTS) is 1. The summed E-state index contributed by atoms with van der Waals surface area (Å²) in [6, 6.07) is 6.45. The van der Waals surface area contributed by atoms with Crippen molar-refractivity contribution in [1.82, 2.24) is 10.9 Å². The predicted octanol–water partition coefficient (Wildman–Crippen LogP) is 2.38. The smallest absolute Gasteiger partial charge is 0.306 e. The number of nitrogens with one attached hydrogen (secondary N) is 2. The van der Waals surface area contributed by atoms with E-state index in [1.165, 1.54) is 6.07 Å². The number of carbonyl (C=O) groups excluding carboxylic acids is 2. The molecule has 2 amide bonds. The first kappa shape index (κ1) is 18.0. The maximum atomic E-state index is 11.8. The number of hydrogen-bond acceptors (Lipinski definition) is 3. The second kappa shape index (κ2) is 9.04. The molecule has 6 nitrogen and oxygen atoms in total. The second-order valence-corrected chi connectivity index (χ2v) is 5.25. The molecule has 1 aromatic carbocycles. The van der Waals surface area contributed by atoms with Crippen molar-refractivity contribution in [2.24, 2.45) is 5.92 Å². The van der Waals surface area contributed by atoms with Gasteiger partial charge < -0.3 is 5.11 Å². The number of rotatable bonds is 7. The van der Waals surface area contributed by atoms with E-state index in [4.69, 9.17) is 16.7 Å². The zero-order valence-corrected chi connectivity index (χ0v) is 13.0. The third kappa shape index (κ3) is 5.73. The Balaban J connectivity index is 2.41. The van der Waals surface area contributed by atoms with Crippen LogP contribution in [-0.2, 0) is 9.59 Å². The molecule has 7 heteroatoms. The van der Waals surface area contributed by atoms with E-state index in [0.717, 1.165) is 6.42 Å². The van der Waals surface area contributed by atoms with Crippen molar-refractivity contribution < 1.29 is 19.5 Å². The van der Waals surface area contributed by atoms with E-state index in [1.54, 1.807) is 18.2 Å². The number of hydrogen-bond donors (Lipinski definition) is 3. The van der Waals surface area contributed by atoms with Gasteiger partial charge in [-0.25, -0.2) is 0 Å². The molecular formula is C15H19ClN2O4. The molecule has 22 heavy (non-hydrogen) atoms. The monoisotopic (exact) mass is 326 g/mol. The molecule has 0 radical (unpaired) electrons. The van der Waals surface area contributed by atoms with Crippen LogP contribution in [0.2, 0.25) is 5.02 Å². The van der Waals surface area contributed by atoms with Crippen molar-refractivity contribution in [3.05, 3.63) is 34.9 Å². The van der Waals surface area contributed by atoms with Gasteiger partial charge in [0.1, 0.15) is 0 Å². The predicted molar refractivity (Wildman–Crippen MR) is 82.3 cm³/mol. The number of carboxylic acids is 1. The Morgan fingerprint density at radius 2 is 1.86 bits per heavy atom. The molecule has 0 heterocycles. The van der Waals surface area contributed by atoms with Gasteiger partial charge in [0, 0.05) is 6.42 Å². The van der Waals surface area contributed by atoms with Crippen LogP contribution in [0, 0.1) is 5.92 Å². The Bertz CT molecular complexity index is 548. The lowest BCUT2D eigenvalue weighted by atomic mass is 9.98. The van der Waals surface area contributed by atoms with Gasteiger partial charge in [0.15, 0.2) is 0 Å². The summed E-state index contributed by atoms with van der Waals surface area (Å²) < 4.78 is 0. The van der Waals surface area contributed by atoms with Crippen LogP contribution < -0.4 is 10.9 Å². The lowest BCUT2D eigenvalue weighted by Gasteiger charge is -2.11. The summed E-state index contributed by atoms with van der Waals surface area (Å²) in [4.78, 5) is 34.4. The van der Waals surface area contributed by atoms with E-state index >= 15 is 0 Å². The van der Waals surface area contributed by atoms with E-state index in [0.29, 0.717) is 6.42 Å². The molecule has 1 aromatic rings. The highest BCUT2D eigenvalue weighted by Crippen LogP contribution is 2.15. The first-order valence-electron chi connectivity index (χ1n) is 7.02. The highest BCUT2D eigenvalue weighted by molar-refractivity contribution is 6.33. The maximum Gasteiger partial charge on any atom is 0.306 e. The van der Waals surface area contributed by atoms with Gasteiger partial charge in [-0.1, -0.05) is 37.1 Å². The van der Waals surface area contributed by atoms with Crippen LogP contribution in [0.25, 0.3) is 0 Å². The number of aliphatic carboxylic acids is 1. The van der Waals surface area contributed by atoms with Gasteiger partial charge in [-0.2, -0.15) is 0 Å². The summed E-state index contributed by atoms with van der Waals surface area (Å²) >= 11 is 5.87. The Kier molecular flexibility index (Phi) is 7.39. The lowest BCUT2D eigenvalue weighted by molar-refractivity contribution is -0.142. The molecule has 1 rings (SSSR count). The fourth-order valence-corrected chi connectivity index (χ4v) is 2.17. The highest BCUT2D eigenvalue weighted by atomic mass is 35.5. The van der Waals surface area contributed by atoms with Crippen LogP contribution in [-0.4, -0.2) is 22.9 Å². The van der Waals surface area contributed by atoms with Crippen molar-refractivity contribution in [1.29, 1.82) is 0 Å². The Morgan fingerprint density at radius 3 is 2.45 bits per heavy atom. The SMILES string of the molecule is CCCC(CCC(=O)NNC(=O)c1ccccc1Cl)C(=O)O. The largest absolute Gasteiger partial charge is 0.481 e. The van der Waals surface area contributed by atoms with Crippen molar-refractivity contribution in [3.63, 3.8) is 0 Å². The summed E-state index contributed by atoms with van der Waals surface area (Å²) in [5, 5.41) is 9.28. The zero-order chi connectivity index (χ0) is 16.5. The molecule has 0 spiro atoms. The Morgan fingerprint density at radius 1 is 1.18 bits per heavy atom. The van der Waals surface area contributed by atoms with Gasteiger partial charge in [-0.3, -0.25) is 25.2 Å². The van der Waals surface area contributed by atoms with Crippen LogP contribution in [0.4, 0.5) is 0 Å². The van der Waals surface area contributed by atoms with Gasteiger partial charge in [-0.15, -0.1) is 0 Å². The Labute approximate surface area is 133 Å². The molecule has 0 aliphatic heterocycles. The van der Waals surface area contributed by atoms with Gasteiger partial charge in [0.2, 0.25) is 5.91 Å². The zero-order valence-electron chi connectivity index (χ0n) is 12.3. The van der Waals surface area contributed by atoms with Gasteiger partial charge in [-0.05, 0) is 25.0 Å². The summed E-state index contributed by atoms with van der Waals surface area (Å²) in [6.07, 6.45) is 1.52. The van der Waals surface area contributed by atoms with Crippen molar-refractivity contribution in [2.45, 2.75) is 32.6 Å². The van der Waals surface area contributed by atoms with Gasteiger partial charge in [0.25, 0.3) is 5.91 Å². The van der Waals surface area contributed by atoms with Crippen molar-refractivity contribution in [2.75, 3.05) is 0 Å². The molecule has 120 valence electrons. The summed E-state index contributed by atoms with van der Waals surface area (Å²) in [5.41, 5.74) is 4.76. The minimum Gasteiger partial charge on any atom is -0.481 e. The van der Waals surface area contributed by atoms with E-state index in [-0.39, 0.29) is 23.4 Å². The fourth-order valence-electron chi connectivity index (χ4n) is 1.95. The van der Waals surface area contributed by atoms with Crippen LogP contribution >= 0.6 is 11.6 Å².